The number of benzene rings is 1. The first-order chi connectivity index (χ1) is 8.41. The van der Waals surface area contributed by atoms with Crippen molar-refractivity contribution in [2.45, 2.75) is 33.1 Å². The molecule has 1 atom stereocenters. The van der Waals surface area contributed by atoms with Crippen LogP contribution in [0.3, 0.4) is 0 Å². The SMILES string of the molecule is CC(C)(C)C1CCN(c2ccc(Br)cc2CCl)C1. The highest BCUT2D eigenvalue weighted by molar-refractivity contribution is 9.10. The summed E-state index contributed by atoms with van der Waals surface area (Å²) in [6.07, 6.45) is 1.28. The zero-order valence-electron chi connectivity index (χ0n) is 11.3. The molecule has 0 aliphatic carbocycles. The van der Waals surface area contributed by atoms with E-state index in [4.69, 9.17) is 11.6 Å². The van der Waals surface area contributed by atoms with Gasteiger partial charge in [0.15, 0.2) is 0 Å². The van der Waals surface area contributed by atoms with E-state index in [2.05, 4.69) is 59.8 Å². The molecule has 0 spiro atoms. The third-order valence-electron chi connectivity index (χ3n) is 3.94. The molecule has 1 aromatic rings. The molecule has 1 aliphatic heterocycles. The molecule has 0 N–H and O–H groups in total. The number of nitrogens with zero attached hydrogens (tertiary/aromatic N) is 1. The van der Waals surface area contributed by atoms with Gasteiger partial charge in [-0.3, -0.25) is 0 Å². The van der Waals surface area contributed by atoms with Crippen molar-refractivity contribution in [1.29, 1.82) is 0 Å². The van der Waals surface area contributed by atoms with Gasteiger partial charge in [0.05, 0.1) is 0 Å². The third kappa shape index (κ3) is 3.03. The molecule has 1 fully saturated rings. The summed E-state index contributed by atoms with van der Waals surface area (Å²) in [7, 11) is 0. The van der Waals surface area contributed by atoms with Crippen LogP contribution in [0.2, 0.25) is 0 Å². The summed E-state index contributed by atoms with van der Waals surface area (Å²) >= 11 is 9.57. The third-order valence-corrected chi connectivity index (χ3v) is 4.72. The van der Waals surface area contributed by atoms with Crippen LogP contribution in [0.1, 0.15) is 32.8 Å². The smallest absolute Gasteiger partial charge is 0.0494 e. The molecule has 100 valence electrons. The summed E-state index contributed by atoms with van der Waals surface area (Å²) in [6.45, 7) is 9.31. The predicted octanol–water partition coefficient (Wildman–Crippen LogP) is 5.06. The molecule has 1 heterocycles. The van der Waals surface area contributed by atoms with Crippen LogP contribution in [-0.4, -0.2) is 13.1 Å². The Hall–Kier alpha value is -0.210. The van der Waals surface area contributed by atoms with Crippen molar-refractivity contribution < 1.29 is 0 Å². The monoisotopic (exact) mass is 329 g/mol. The van der Waals surface area contributed by atoms with Gasteiger partial charge < -0.3 is 4.90 Å². The number of hydrogen-bond donors (Lipinski definition) is 0. The van der Waals surface area contributed by atoms with Crippen molar-refractivity contribution in [3.05, 3.63) is 28.2 Å². The molecule has 1 nitrogen and oxygen atoms in total. The first-order valence-electron chi connectivity index (χ1n) is 6.51. The Labute approximate surface area is 124 Å². The van der Waals surface area contributed by atoms with Crippen LogP contribution < -0.4 is 4.90 Å². The summed E-state index contributed by atoms with van der Waals surface area (Å²) in [5.74, 6) is 1.34. The fraction of sp³-hybridized carbons (Fsp3) is 0.600. The highest BCUT2D eigenvalue weighted by Crippen LogP contribution is 2.37. The second-order valence-corrected chi connectivity index (χ2v) is 7.39. The van der Waals surface area contributed by atoms with Gasteiger partial charge in [0, 0.05) is 29.1 Å². The van der Waals surface area contributed by atoms with E-state index in [-0.39, 0.29) is 0 Å². The van der Waals surface area contributed by atoms with E-state index in [0.29, 0.717) is 11.3 Å². The Bertz CT molecular complexity index is 425. The number of rotatable bonds is 2. The van der Waals surface area contributed by atoms with E-state index >= 15 is 0 Å². The summed E-state index contributed by atoms with van der Waals surface area (Å²) in [6, 6.07) is 6.43. The van der Waals surface area contributed by atoms with Gasteiger partial charge in [-0.25, -0.2) is 0 Å². The molecular weight excluding hydrogens is 310 g/mol. The lowest BCUT2D eigenvalue weighted by molar-refractivity contribution is 0.263. The van der Waals surface area contributed by atoms with Gasteiger partial charge >= 0.3 is 0 Å². The molecule has 0 saturated carbocycles. The Morgan fingerprint density at radius 3 is 2.67 bits per heavy atom. The summed E-state index contributed by atoms with van der Waals surface area (Å²) in [4.78, 5) is 2.49. The van der Waals surface area contributed by atoms with Crippen LogP contribution in [0, 0.1) is 11.3 Å². The molecule has 0 bridgehead atoms. The van der Waals surface area contributed by atoms with Crippen LogP contribution in [-0.2, 0) is 5.88 Å². The molecule has 1 aromatic carbocycles. The van der Waals surface area contributed by atoms with Crippen LogP contribution in [0.5, 0.6) is 0 Å². The normalized spacial score (nSPS) is 20.5. The minimum atomic E-state index is 0.394. The summed E-state index contributed by atoms with van der Waals surface area (Å²) in [5, 5.41) is 0. The van der Waals surface area contributed by atoms with Gasteiger partial charge in [-0.15, -0.1) is 11.6 Å². The van der Waals surface area contributed by atoms with Crippen molar-refractivity contribution in [2.75, 3.05) is 18.0 Å². The summed E-state index contributed by atoms with van der Waals surface area (Å²) in [5.41, 5.74) is 2.92. The van der Waals surface area contributed by atoms with E-state index < -0.39 is 0 Å². The molecule has 1 saturated heterocycles. The minimum absolute atomic E-state index is 0.394. The Balaban J connectivity index is 2.19. The number of hydrogen-bond acceptors (Lipinski definition) is 1. The van der Waals surface area contributed by atoms with E-state index in [1.807, 2.05) is 0 Å². The Morgan fingerprint density at radius 1 is 1.39 bits per heavy atom. The molecular formula is C15H21BrClN. The highest BCUT2D eigenvalue weighted by Gasteiger charge is 2.32. The topological polar surface area (TPSA) is 3.24 Å². The average Bonchev–Trinajstić information content (AvgIpc) is 2.77. The first-order valence-corrected chi connectivity index (χ1v) is 7.84. The van der Waals surface area contributed by atoms with Crippen molar-refractivity contribution >= 4 is 33.2 Å². The number of anilines is 1. The Morgan fingerprint density at radius 2 is 2.11 bits per heavy atom. The molecule has 1 unspecified atom stereocenters. The predicted molar refractivity (Wildman–Crippen MR) is 83.5 cm³/mol. The van der Waals surface area contributed by atoms with Crippen molar-refractivity contribution in [1.82, 2.24) is 0 Å². The molecule has 0 amide bonds. The molecule has 0 radical (unpaired) electrons. The average molecular weight is 331 g/mol. The lowest BCUT2D eigenvalue weighted by atomic mass is 9.80. The van der Waals surface area contributed by atoms with E-state index in [1.165, 1.54) is 17.7 Å². The van der Waals surface area contributed by atoms with E-state index in [1.54, 1.807) is 0 Å². The van der Waals surface area contributed by atoms with E-state index in [9.17, 15) is 0 Å². The lowest BCUT2D eigenvalue weighted by Gasteiger charge is -2.28. The second-order valence-electron chi connectivity index (χ2n) is 6.20. The fourth-order valence-electron chi connectivity index (χ4n) is 2.66. The maximum atomic E-state index is 6.06. The van der Waals surface area contributed by atoms with Crippen LogP contribution in [0.15, 0.2) is 22.7 Å². The summed E-state index contributed by atoms with van der Waals surface area (Å²) < 4.78 is 1.11. The van der Waals surface area contributed by atoms with Crippen LogP contribution >= 0.6 is 27.5 Å². The van der Waals surface area contributed by atoms with Crippen molar-refractivity contribution in [3.8, 4) is 0 Å². The highest BCUT2D eigenvalue weighted by atomic mass is 79.9. The van der Waals surface area contributed by atoms with Gasteiger partial charge in [0.25, 0.3) is 0 Å². The molecule has 2 rings (SSSR count). The van der Waals surface area contributed by atoms with Crippen LogP contribution in [0.25, 0.3) is 0 Å². The minimum Gasteiger partial charge on any atom is -0.371 e. The maximum Gasteiger partial charge on any atom is 0.0494 e. The van der Waals surface area contributed by atoms with E-state index in [0.717, 1.165) is 23.5 Å². The van der Waals surface area contributed by atoms with Crippen molar-refractivity contribution in [2.24, 2.45) is 11.3 Å². The largest absolute Gasteiger partial charge is 0.371 e. The molecule has 3 heteroatoms. The lowest BCUT2D eigenvalue weighted by Crippen LogP contribution is -2.26. The number of halogens is 2. The van der Waals surface area contributed by atoms with Crippen LogP contribution in [0.4, 0.5) is 5.69 Å². The molecule has 0 aromatic heterocycles. The van der Waals surface area contributed by atoms with Gasteiger partial charge in [-0.1, -0.05) is 36.7 Å². The standard InChI is InChI=1S/C15H21BrClN/c1-15(2,3)12-6-7-18(10-12)14-5-4-13(16)8-11(14)9-17/h4-5,8,12H,6-7,9-10H2,1-3H3. The zero-order chi connectivity index (χ0) is 13.3. The molecule has 1 aliphatic rings. The number of alkyl halides is 1. The Kier molecular flexibility index (Phi) is 4.28. The molecule has 18 heavy (non-hydrogen) atoms. The fourth-order valence-corrected chi connectivity index (χ4v) is 3.28. The van der Waals surface area contributed by atoms with Gasteiger partial charge in [-0.05, 0) is 41.5 Å². The van der Waals surface area contributed by atoms with Gasteiger partial charge in [0.2, 0.25) is 0 Å². The van der Waals surface area contributed by atoms with Gasteiger partial charge in [0.1, 0.15) is 0 Å². The van der Waals surface area contributed by atoms with Crippen molar-refractivity contribution in [3.63, 3.8) is 0 Å². The first kappa shape index (κ1) is 14.2. The zero-order valence-corrected chi connectivity index (χ0v) is 13.7. The second kappa shape index (κ2) is 5.42. The quantitative estimate of drug-likeness (QED) is 0.685. The maximum absolute atomic E-state index is 6.06. The van der Waals surface area contributed by atoms with Gasteiger partial charge in [-0.2, -0.15) is 0 Å².